The van der Waals surface area contributed by atoms with E-state index in [2.05, 4.69) is 10.4 Å². The van der Waals surface area contributed by atoms with Gasteiger partial charge in [0.05, 0.1) is 29.3 Å². The average Bonchev–Trinajstić information content (AvgIpc) is 3.33. The van der Waals surface area contributed by atoms with Crippen LogP contribution in [0.15, 0.2) is 36.4 Å². The van der Waals surface area contributed by atoms with Gasteiger partial charge in [-0.05, 0) is 56.7 Å². The van der Waals surface area contributed by atoms with E-state index in [-0.39, 0.29) is 17.8 Å². The molecular weight excluding hydrogens is 386 g/mol. The number of benzene rings is 1. The smallest absolute Gasteiger partial charge is 0.308 e. The van der Waals surface area contributed by atoms with Gasteiger partial charge in [-0.3, -0.25) is 9.59 Å². The summed E-state index contributed by atoms with van der Waals surface area (Å²) in [6.45, 7) is 2.61. The lowest BCUT2D eigenvalue weighted by Gasteiger charge is -2.26. The highest BCUT2D eigenvalue weighted by Crippen LogP contribution is 2.31. The molecule has 2 aromatic heterocycles. The van der Waals surface area contributed by atoms with Crippen LogP contribution in [0, 0.1) is 18.8 Å². The maximum atomic E-state index is 12.7. The van der Waals surface area contributed by atoms with E-state index >= 15 is 0 Å². The maximum Gasteiger partial charge on any atom is 0.308 e. The number of aryl methyl sites for hydroxylation is 1. The first-order valence-electron chi connectivity index (χ1n) is 9.97. The molecule has 7 heteroatoms. The first kappa shape index (κ1) is 19.6. The van der Waals surface area contributed by atoms with Gasteiger partial charge in [-0.25, -0.2) is 4.68 Å². The summed E-state index contributed by atoms with van der Waals surface area (Å²) in [4.78, 5) is 26.1. The van der Waals surface area contributed by atoms with Crippen LogP contribution in [0.4, 0.5) is 0 Å². The Morgan fingerprint density at radius 3 is 2.62 bits per heavy atom. The van der Waals surface area contributed by atoms with Crippen molar-refractivity contribution in [3.8, 4) is 5.69 Å². The van der Waals surface area contributed by atoms with Crippen LogP contribution in [0.25, 0.3) is 15.9 Å². The number of hydrogen-bond donors (Lipinski definition) is 1. The quantitative estimate of drug-likeness (QED) is 0.642. The predicted octanol–water partition coefficient (Wildman–Crippen LogP) is 4.10. The van der Waals surface area contributed by atoms with Gasteiger partial charge in [0, 0.05) is 11.9 Å². The summed E-state index contributed by atoms with van der Waals surface area (Å²) < 4.78 is 6.74. The molecule has 1 aromatic carbocycles. The monoisotopic (exact) mass is 411 g/mol. The Hall–Kier alpha value is -2.67. The number of esters is 1. The minimum Gasteiger partial charge on any atom is -0.469 e. The van der Waals surface area contributed by atoms with Crippen LogP contribution >= 0.6 is 11.3 Å². The van der Waals surface area contributed by atoms with Crippen LogP contribution in [-0.4, -0.2) is 35.3 Å². The normalized spacial score (nSPS) is 19.2. The molecule has 1 aliphatic carbocycles. The van der Waals surface area contributed by atoms with Crippen LogP contribution in [0.2, 0.25) is 0 Å². The Bertz CT molecular complexity index is 1020. The molecule has 29 heavy (non-hydrogen) atoms. The highest BCUT2D eigenvalue weighted by Gasteiger charge is 2.27. The predicted molar refractivity (Wildman–Crippen MR) is 113 cm³/mol. The minimum absolute atomic E-state index is 0.0125. The van der Waals surface area contributed by atoms with E-state index in [1.165, 1.54) is 18.4 Å². The van der Waals surface area contributed by atoms with Crippen molar-refractivity contribution in [2.45, 2.75) is 32.6 Å². The van der Waals surface area contributed by atoms with Gasteiger partial charge in [0.2, 0.25) is 0 Å². The summed E-state index contributed by atoms with van der Waals surface area (Å²) >= 11 is 1.47. The molecule has 4 rings (SSSR count). The van der Waals surface area contributed by atoms with Crippen molar-refractivity contribution in [1.82, 2.24) is 15.1 Å². The van der Waals surface area contributed by atoms with Crippen molar-refractivity contribution >= 4 is 33.4 Å². The lowest BCUT2D eigenvalue weighted by Crippen LogP contribution is -2.32. The third kappa shape index (κ3) is 4.05. The van der Waals surface area contributed by atoms with E-state index in [9.17, 15) is 9.59 Å². The molecule has 0 atom stereocenters. The number of nitrogens with one attached hydrogen (secondary N) is 1. The zero-order valence-corrected chi connectivity index (χ0v) is 17.5. The highest BCUT2D eigenvalue weighted by atomic mass is 32.1. The molecule has 1 N–H and O–H groups in total. The van der Waals surface area contributed by atoms with E-state index in [1.54, 1.807) is 0 Å². The van der Waals surface area contributed by atoms with Gasteiger partial charge in [0.1, 0.15) is 4.83 Å². The van der Waals surface area contributed by atoms with Crippen LogP contribution < -0.4 is 5.32 Å². The van der Waals surface area contributed by atoms with Crippen molar-refractivity contribution < 1.29 is 14.3 Å². The number of fused-ring (bicyclic) bond motifs is 1. The van der Waals surface area contributed by atoms with Crippen molar-refractivity contribution in [1.29, 1.82) is 0 Å². The third-order valence-corrected chi connectivity index (χ3v) is 6.81. The fourth-order valence-electron chi connectivity index (χ4n) is 4.00. The van der Waals surface area contributed by atoms with E-state index < -0.39 is 0 Å². The highest BCUT2D eigenvalue weighted by molar-refractivity contribution is 7.20. The molecule has 1 aliphatic rings. The fourth-order valence-corrected chi connectivity index (χ4v) is 5.10. The lowest BCUT2D eigenvalue weighted by molar-refractivity contribution is -0.146. The summed E-state index contributed by atoms with van der Waals surface area (Å²) in [5.41, 5.74) is 1.90. The second-order valence-corrected chi connectivity index (χ2v) is 8.64. The number of hydrogen-bond acceptors (Lipinski definition) is 5. The van der Waals surface area contributed by atoms with Crippen molar-refractivity contribution in [2.24, 2.45) is 11.8 Å². The van der Waals surface area contributed by atoms with E-state index in [4.69, 9.17) is 4.74 Å². The summed E-state index contributed by atoms with van der Waals surface area (Å²) in [7, 11) is 1.44. The molecule has 0 radical (unpaired) electrons. The van der Waals surface area contributed by atoms with Gasteiger partial charge in [-0.1, -0.05) is 18.2 Å². The van der Waals surface area contributed by atoms with E-state index in [0.717, 1.165) is 47.3 Å². The standard InChI is InChI=1S/C22H25N3O3S/c1-14-18-12-19(29-21(18)25(24-14)17-6-4-3-5-7-17)20(26)23-13-15-8-10-16(11-9-15)22(27)28-2/h3-7,12,15-16H,8-11,13H2,1-2H3,(H,23,26). The van der Waals surface area contributed by atoms with Crippen molar-refractivity contribution in [3.05, 3.63) is 47.0 Å². The largest absolute Gasteiger partial charge is 0.469 e. The lowest BCUT2D eigenvalue weighted by atomic mass is 9.82. The minimum atomic E-state index is -0.111. The van der Waals surface area contributed by atoms with Crippen LogP contribution in [-0.2, 0) is 9.53 Å². The van der Waals surface area contributed by atoms with Crippen molar-refractivity contribution in [3.63, 3.8) is 0 Å². The number of para-hydroxylation sites is 1. The van der Waals surface area contributed by atoms with Crippen molar-refractivity contribution in [2.75, 3.05) is 13.7 Å². The molecular formula is C22H25N3O3S. The molecule has 0 bridgehead atoms. The summed E-state index contributed by atoms with van der Waals surface area (Å²) in [5, 5.41) is 8.72. The van der Waals surface area contributed by atoms with Crippen LogP contribution in [0.5, 0.6) is 0 Å². The molecule has 1 saturated carbocycles. The van der Waals surface area contributed by atoms with E-state index in [1.807, 2.05) is 48.0 Å². The molecule has 3 aromatic rings. The number of rotatable bonds is 5. The SMILES string of the molecule is COC(=O)C1CCC(CNC(=O)c2cc3c(C)nn(-c4ccccc4)c3s2)CC1. The fraction of sp³-hybridized carbons (Fsp3) is 0.409. The molecule has 152 valence electrons. The number of carbonyl (C=O) groups is 2. The van der Waals surface area contributed by atoms with Gasteiger partial charge in [0.25, 0.3) is 5.91 Å². The zero-order chi connectivity index (χ0) is 20.4. The Kier molecular flexibility index (Phi) is 5.67. The Morgan fingerprint density at radius 1 is 1.21 bits per heavy atom. The molecule has 0 saturated heterocycles. The Labute approximate surface area is 173 Å². The molecule has 6 nitrogen and oxygen atoms in total. The summed E-state index contributed by atoms with van der Waals surface area (Å²) in [6.07, 6.45) is 3.55. The second kappa shape index (κ2) is 8.37. The molecule has 1 amide bonds. The Balaban J connectivity index is 1.41. The zero-order valence-electron chi connectivity index (χ0n) is 16.7. The first-order valence-corrected chi connectivity index (χ1v) is 10.8. The number of carbonyl (C=O) groups excluding carboxylic acids is 2. The summed E-state index contributed by atoms with van der Waals surface area (Å²) in [6, 6.07) is 11.9. The van der Waals surface area contributed by atoms with Gasteiger partial charge in [-0.15, -0.1) is 11.3 Å². The third-order valence-electron chi connectivity index (χ3n) is 5.70. The van der Waals surface area contributed by atoms with Crippen LogP contribution in [0.1, 0.15) is 41.0 Å². The number of nitrogens with zero attached hydrogens (tertiary/aromatic N) is 2. The maximum absolute atomic E-state index is 12.7. The first-order chi connectivity index (χ1) is 14.1. The Morgan fingerprint density at radius 2 is 1.93 bits per heavy atom. The van der Waals surface area contributed by atoms with Gasteiger partial charge in [-0.2, -0.15) is 5.10 Å². The van der Waals surface area contributed by atoms with Gasteiger partial charge < -0.3 is 10.1 Å². The number of aromatic nitrogens is 2. The van der Waals surface area contributed by atoms with E-state index in [0.29, 0.717) is 17.3 Å². The number of ether oxygens (including phenoxy) is 1. The molecule has 2 heterocycles. The van der Waals surface area contributed by atoms with Gasteiger partial charge in [0.15, 0.2) is 0 Å². The number of thiophene rings is 1. The van der Waals surface area contributed by atoms with Gasteiger partial charge >= 0.3 is 5.97 Å². The number of methoxy groups -OCH3 is 1. The molecule has 0 aliphatic heterocycles. The average molecular weight is 412 g/mol. The van der Waals surface area contributed by atoms with Crippen LogP contribution in [0.3, 0.4) is 0 Å². The topological polar surface area (TPSA) is 73.2 Å². The second-order valence-electron chi connectivity index (χ2n) is 7.61. The number of amides is 1. The molecule has 0 unspecified atom stereocenters. The molecule has 1 fully saturated rings. The summed E-state index contributed by atoms with van der Waals surface area (Å²) in [5.74, 6) is 0.273. The molecule has 0 spiro atoms.